The van der Waals surface area contributed by atoms with E-state index in [-0.39, 0.29) is 17.9 Å². The predicted octanol–water partition coefficient (Wildman–Crippen LogP) is 5.57. The number of carboxylic acids is 1. The van der Waals surface area contributed by atoms with Gasteiger partial charge in [0.15, 0.2) is 0 Å². The Kier molecular flexibility index (Phi) is 5.91. The summed E-state index contributed by atoms with van der Waals surface area (Å²) in [7, 11) is 0. The van der Waals surface area contributed by atoms with Crippen LogP contribution in [0.15, 0.2) is 67.0 Å². The summed E-state index contributed by atoms with van der Waals surface area (Å²) < 4.78 is 33.6. The summed E-state index contributed by atoms with van der Waals surface area (Å²) in [4.78, 5) is 22.8. The number of benzene rings is 2. The minimum atomic E-state index is -0.986. The van der Waals surface area contributed by atoms with E-state index in [4.69, 9.17) is 4.74 Å². The molecule has 0 amide bonds. The van der Waals surface area contributed by atoms with Gasteiger partial charge in [-0.2, -0.15) is 0 Å². The smallest absolute Gasteiger partial charge is 0.312 e. The lowest BCUT2D eigenvalue weighted by Gasteiger charge is -2.19. The summed E-state index contributed by atoms with van der Waals surface area (Å²) in [6, 6.07) is 14.5. The lowest BCUT2D eigenvalue weighted by molar-refractivity contribution is -0.148. The van der Waals surface area contributed by atoms with E-state index >= 15 is 0 Å². The highest BCUT2D eigenvalue weighted by Gasteiger charge is 2.28. The van der Waals surface area contributed by atoms with Gasteiger partial charge in [0.05, 0.1) is 28.6 Å². The molecule has 0 bridgehead atoms. The highest BCUT2D eigenvalue weighted by molar-refractivity contribution is 5.73. The number of imidazole rings is 1. The number of hydrogen-bond acceptors (Lipinski definition) is 4. The van der Waals surface area contributed by atoms with Crippen LogP contribution in [0.5, 0.6) is 5.75 Å². The van der Waals surface area contributed by atoms with Crippen molar-refractivity contribution in [3.05, 3.63) is 78.6 Å². The van der Waals surface area contributed by atoms with Gasteiger partial charge in [-0.1, -0.05) is 6.07 Å². The van der Waals surface area contributed by atoms with Crippen molar-refractivity contribution < 1.29 is 23.4 Å². The fraction of sp³-hybridized carbons (Fsp3) is 0.160. The Morgan fingerprint density at radius 1 is 0.970 bits per heavy atom. The number of carboxylic acid groups (broad SMARTS) is 1. The summed E-state index contributed by atoms with van der Waals surface area (Å²) in [5, 5.41) is 9.17. The lowest BCUT2D eigenvalue weighted by Crippen LogP contribution is -2.30. The van der Waals surface area contributed by atoms with Gasteiger partial charge < -0.3 is 14.8 Å². The van der Waals surface area contributed by atoms with Gasteiger partial charge in [-0.25, -0.2) is 13.8 Å². The van der Waals surface area contributed by atoms with Crippen molar-refractivity contribution in [1.29, 1.82) is 0 Å². The summed E-state index contributed by atoms with van der Waals surface area (Å²) in [5.41, 5.74) is 1.32. The number of ether oxygens (including phenoxy) is 1. The van der Waals surface area contributed by atoms with Crippen molar-refractivity contribution in [1.82, 2.24) is 15.0 Å². The average Bonchev–Trinajstić information content (AvgIpc) is 3.28. The molecule has 2 aromatic heterocycles. The number of halogens is 2. The van der Waals surface area contributed by atoms with E-state index in [1.165, 1.54) is 24.4 Å². The van der Waals surface area contributed by atoms with Gasteiger partial charge in [-0.15, -0.1) is 0 Å². The van der Waals surface area contributed by atoms with Crippen molar-refractivity contribution >= 4 is 5.97 Å². The molecular weight excluding hydrogens is 428 g/mol. The van der Waals surface area contributed by atoms with Crippen LogP contribution in [0.25, 0.3) is 33.9 Å². The van der Waals surface area contributed by atoms with Crippen molar-refractivity contribution in [2.45, 2.75) is 13.8 Å². The molecule has 0 atom stereocenters. The third kappa shape index (κ3) is 4.74. The topological polar surface area (TPSA) is 88.1 Å². The Balaban J connectivity index is 1.48. The van der Waals surface area contributed by atoms with Gasteiger partial charge >= 0.3 is 5.97 Å². The van der Waals surface area contributed by atoms with Gasteiger partial charge in [0, 0.05) is 17.3 Å². The minimum absolute atomic E-state index is 0.0521. The van der Waals surface area contributed by atoms with E-state index in [1.807, 2.05) is 24.3 Å². The Bertz CT molecular complexity index is 1260. The number of nitrogens with zero attached hydrogens (tertiary/aromatic N) is 2. The van der Waals surface area contributed by atoms with Crippen molar-refractivity contribution in [3.8, 4) is 39.7 Å². The van der Waals surface area contributed by atoms with E-state index in [0.29, 0.717) is 22.8 Å². The normalized spacial score (nSPS) is 11.4. The van der Waals surface area contributed by atoms with E-state index in [2.05, 4.69) is 15.0 Å². The first-order valence-electron chi connectivity index (χ1n) is 10.2. The van der Waals surface area contributed by atoms with Gasteiger partial charge in [-0.05, 0) is 62.4 Å². The summed E-state index contributed by atoms with van der Waals surface area (Å²) >= 11 is 0. The molecule has 0 aliphatic heterocycles. The highest BCUT2D eigenvalue weighted by Crippen LogP contribution is 2.28. The molecule has 2 heterocycles. The Morgan fingerprint density at radius 2 is 1.64 bits per heavy atom. The van der Waals surface area contributed by atoms with Gasteiger partial charge in [0.2, 0.25) is 0 Å². The Morgan fingerprint density at radius 3 is 2.24 bits per heavy atom. The fourth-order valence-corrected chi connectivity index (χ4v) is 3.10. The maximum Gasteiger partial charge on any atom is 0.312 e. The van der Waals surface area contributed by atoms with E-state index in [9.17, 15) is 18.7 Å². The maximum atomic E-state index is 14.0. The zero-order valence-electron chi connectivity index (χ0n) is 18.0. The molecule has 2 N–H and O–H groups in total. The van der Waals surface area contributed by atoms with Crippen LogP contribution >= 0.6 is 0 Å². The molecule has 8 heteroatoms. The monoisotopic (exact) mass is 449 g/mol. The highest BCUT2D eigenvalue weighted by atomic mass is 19.1. The summed E-state index contributed by atoms with van der Waals surface area (Å²) in [6.07, 6.45) is 3.00. The quantitative estimate of drug-likeness (QED) is 0.385. The molecule has 2 aromatic carbocycles. The van der Waals surface area contributed by atoms with Crippen LogP contribution in [-0.2, 0) is 4.79 Å². The van der Waals surface area contributed by atoms with Gasteiger partial charge in [-0.3, -0.25) is 9.78 Å². The SMILES string of the molecule is CC(C)(COc1ccc(-c2ccc(-c3ncc(-c4c(F)cccc4F)[nH]3)cn2)cc1)C(=O)O. The van der Waals surface area contributed by atoms with Gasteiger partial charge in [0.25, 0.3) is 0 Å². The summed E-state index contributed by atoms with van der Waals surface area (Å²) in [5.74, 6) is -1.26. The van der Waals surface area contributed by atoms with Crippen LogP contribution in [0.2, 0.25) is 0 Å². The molecule has 0 aliphatic carbocycles. The fourth-order valence-electron chi connectivity index (χ4n) is 3.10. The zero-order valence-corrected chi connectivity index (χ0v) is 18.0. The number of hydrogen-bond donors (Lipinski definition) is 2. The number of H-pyrrole nitrogens is 1. The van der Waals surface area contributed by atoms with Crippen LogP contribution in [0, 0.1) is 17.0 Å². The average molecular weight is 449 g/mol. The Labute approximate surface area is 188 Å². The number of pyridine rings is 1. The molecule has 4 rings (SSSR count). The summed E-state index contributed by atoms with van der Waals surface area (Å²) in [6.45, 7) is 3.25. The number of aromatic amines is 1. The molecule has 33 heavy (non-hydrogen) atoms. The molecule has 0 unspecified atom stereocenters. The minimum Gasteiger partial charge on any atom is -0.492 e. The van der Waals surface area contributed by atoms with Crippen LogP contribution < -0.4 is 4.74 Å². The van der Waals surface area contributed by atoms with Crippen LogP contribution in [0.1, 0.15) is 13.8 Å². The second-order valence-corrected chi connectivity index (χ2v) is 8.18. The van der Waals surface area contributed by atoms with Gasteiger partial charge in [0.1, 0.15) is 29.8 Å². The molecule has 0 saturated carbocycles. The molecule has 0 radical (unpaired) electrons. The van der Waals surface area contributed by atoms with E-state index in [0.717, 1.165) is 5.56 Å². The van der Waals surface area contributed by atoms with Crippen molar-refractivity contribution in [2.75, 3.05) is 6.61 Å². The second kappa shape index (κ2) is 8.82. The number of carbonyl (C=O) groups is 1. The zero-order chi connectivity index (χ0) is 23.6. The number of rotatable bonds is 7. The molecule has 0 saturated heterocycles. The molecule has 0 spiro atoms. The first-order chi connectivity index (χ1) is 15.7. The number of aliphatic carboxylic acids is 1. The van der Waals surface area contributed by atoms with Crippen LogP contribution in [0.3, 0.4) is 0 Å². The van der Waals surface area contributed by atoms with Crippen molar-refractivity contribution in [2.24, 2.45) is 5.41 Å². The lowest BCUT2D eigenvalue weighted by atomic mass is 9.95. The van der Waals surface area contributed by atoms with Crippen molar-refractivity contribution in [3.63, 3.8) is 0 Å². The molecule has 0 aliphatic rings. The molecular formula is C25H21F2N3O3. The Hall–Kier alpha value is -4.07. The molecule has 0 fully saturated rings. The molecule has 6 nitrogen and oxygen atoms in total. The second-order valence-electron chi connectivity index (χ2n) is 8.18. The predicted molar refractivity (Wildman–Crippen MR) is 120 cm³/mol. The molecule has 168 valence electrons. The first kappa shape index (κ1) is 22.1. The first-order valence-corrected chi connectivity index (χ1v) is 10.2. The largest absolute Gasteiger partial charge is 0.492 e. The maximum absolute atomic E-state index is 14.0. The van der Waals surface area contributed by atoms with Crippen LogP contribution in [0.4, 0.5) is 8.78 Å². The molecule has 4 aromatic rings. The number of aromatic nitrogens is 3. The van der Waals surface area contributed by atoms with E-state index < -0.39 is 23.0 Å². The third-order valence-electron chi connectivity index (χ3n) is 5.17. The third-order valence-corrected chi connectivity index (χ3v) is 5.17. The standard InChI is InChI=1S/C25H21F2N3O3/c1-25(2,24(31)32)14-33-17-9-6-15(7-10-17)20-11-8-16(12-28-20)23-29-13-21(30-23)22-18(26)4-3-5-19(22)27/h3-13H,14H2,1-2H3,(H,29,30)(H,31,32). The number of nitrogens with one attached hydrogen (secondary N) is 1. The van der Waals surface area contributed by atoms with Crippen LogP contribution in [-0.4, -0.2) is 32.6 Å². The van der Waals surface area contributed by atoms with E-state index in [1.54, 1.807) is 32.2 Å².